The number of aromatic nitrogens is 1. The molecule has 1 amide bonds. The molecule has 0 unspecified atom stereocenters. The van der Waals surface area contributed by atoms with Gasteiger partial charge in [0.25, 0.3) is 0 Å². The number of pyridine rings is 1. The van der Waals surface area contributed by atoms with Crippen LogP contribution in [0.2, 0.25) is 0 Å². The average molecular weight is 419 g/mol. The lowest BCUT2D eigenvalue weighted by Gasteiger charge is -2.32. The van der Waals surface area contributed by atoms with Gasteiger partial charge in [0, 0.05) is 20.1 Å². The fourth-order valence-electron chi connectivity index (χ4n) is 3.15. The van der Waals surface area contributed by atoms with Crippen molar-refractivity contribution in [2.75, 3.05) is 25.0 Å². The molecule has 0 aromatic carbocycles. The van der Waals surface area contributed by atoms with Crippen LogP contribution >= 0.6 is 0 Å². The van der Waals surface area contributed by atoms with Crippen LogP contribution in [0.3, 0.4) is 0 Å². The van der Waals surface area contributed by atoms with E-state index in [1.807, 2.05) is 60.6 Å². The van der Waals surface area contributed by atoms with Gasteiger partial charge >= 0.3 is 13.2 Å². The van der Waals surface area contributed by atoms with Gasteiger partial charge in [-0.3, -0.25) is 0 Å². The number of carbonyl (C=O) groups is 1. The topological polar surface area (TPSA) is 64.1 Å². The fraction of sp³-hybridized carbons (Fsp3) is 0.727. The lowest BCUT2D eigenvalue weighted by Crippen LogP contribution is -2.41. The van der Waals surface area contributed by atoms with Crippen LogP contribution in [0.5, 0.6) is 0 Å². The molecule has 30 heavy (non-hydrogen) atoms. The molecule has 7 nitrogen and oxygen atoms in total. The van der Waals surface area contributed by atoms with Crippen molar-refractivity contribution in [2.24, 2.45) is 0 Å². The number of hydrogen-bond acceptors (Lipinski definition) is 6. The maximum absolute atomic E-state index is 12.4. The third kappa shape index (κ3) is 5.67. The zero-order chi connectivity index (χ0) is 22.9. The van der Waals surface area contributed by atoms with Gasteiger partial charge in [0.15, 0.2) is 0 Å². The molecule has 1 saturated heterocycles. The maximum atomic E-state index is 12.4. The van der Waals surface area contributed by atoms with Crippen LogP contribution in [0.15, 0.2) is 12.1 Å². The molecule has 1 fully saturated rings. The minimum Gasteiger partial charge on any atom is -0.444 e. The second kappa shape index (κ2) is 8.75. The normalized spacial score (nSPS) is 17.7. The Morgan fingerprint density at radius 1 is 1.10 bits per heavy atom. The molecule has 1 aromatic heterocycles. The number of amides is 1. The summed E-state index contributed by atoms with van der Waals surface area (Å²) < 4.78 is 18.0. The highest BCUT2D eigenvalue weighted by molar-refractivity contribution is 6.62. The van der Waals surface area contributed by atoms with Gasteiger partial charge in [0.2, 0.25) is 0 Å². The molecular formula is C22H38BN3O4. The molecule has 0 bridgehead atoms. The quantitative estimate of drug-likeness (QED) is 0.657. The first-order chi connectivity index (χ1) is 13.7. The minimum absolute atomic E-state index is 0.330. The fourth-order valence-corrected chi connectivity index (χ4v) is 3.15. The number of ether oxygens (including phenoxy) is 1. The van der Waals surface area contributed by atoms with E-state index in [4.69, 9.17) is 19.0 Å². The third-order valence-corrected chi connectivity index (χ3v) is 5.60. The summed E-state index contributed by atoms with van der Waals surface area (Å²) in [5.74, 6) is 0.847. The minimum atomic E-state index is -0.546. The predicted molar refractivity (Wildman–Crippen MR) is 121 cm³/mol. The summed E-state index contributed by atoms with van der Waals surface area (Å²) in [5, 5.41) is 0. The second-order valence-corrected chi connectivity index (χ2v) is 9.85. The SMILES string of the molecule is CCN(CC)c1cc(B2OC(C)(C)C(C)(C)O2)cc(CN(C)C(=O)OC(C)(C)C)n1. The molecule has 2 rings (SSSR count). The van der Waals surface area contributed by atoms with Crippen molar-refractivity contribution >= 4 is 24.5 Å². The molecule has 0 N–H and O–H groups in total. The summed E-state index contributed by atoms with van der Waals surface area (Å²) in [6.07, 6.45) is -0.380. The Bertz CT molecular complexity index is 741. The Labute approximate surface area is 182 Å². The van der Waals surface area contributed by atoms with Crippen LogP contribution in [-0.4, -0.2) is 60.0 Å². The van der Waals surface area contributed by atoms with Crippen LogP contribution in [-0.2, 0) is 20.6 Å². The first-order valence-electron chi connectivity index (χ1n) is 10.7. The lowest BCUT2D eigenvalue weighted by molar-refractivity contribution is 0.00578. The molecule has 0 spiro atoms. The summed E-state index contributed by atoms with van der Waals surface area (Å²) >= 11 is 0. The van der Waals surface area contributed by atoms with E-state index in [0.717, 1.165) is 30.1 Å². The van der Waals surface area contributed by atoms with E-state index in [1.165, 1.54) is 4.90 Å². The average Bonchev–Trinajstić information content (AvgIpc) is 2.82. The van der Waals surface area contributed by atoms with Crippen molar-refractivity contribution in [3.05, 3.63) is 17.8 Å². The van der Waals surface area contributed by atoms with E-state index in [2.05, 4.69) is 18.7 Å². The number of hydrogen-bond donors (Lipinski definition) is 0. The highest BCUT2D eigenvalue weighted by atomic mass is 16.7. The van der Waals surface area contributed by atoms with Crippen molar-refractivity contribution in [1.82, 2.24) is 9.88 Å². The van der Waals surface area contributed by atoms with Crippen LogP contribution in [0.1, 0.15) is 68.0 Å². The monoisotopic (exact) mass is 419 g/mol. The molecule has 8 heteroatoms. The predicted octanol–water partition coefficient (Wildman–Crippen LogP) is 3.59. The number of rotatable bonds is 6. The zero-order valence-corrected chi connectivity index (χ0v) is 20.3. The van der Waals surface area contributed by atoms with Crippen molar-refractivity contribution in [3.63, 3.8) is 0 Å². The summed E-state index contributed by atoms with van der Waals surface area (Å²) in [6.45, 7) is 19.9. The second-order valence-electron chi connectivity index (χ2n) is 9.85. The van der Waals surface area contributed by atoms with E-state index < -0.39 is 23.9 Å². The van der Waals surface area contributed by atoms with Gasteiger partial charge in [-0.15, -0.1) is 0 Å². The molecule has 0 aliphatic carbocycles. The third-order valence-electron chi connectivity index (χ3n) is 5.60. The first kappa shape index (κ1) is 24.5. The van der Waals surface area contributed by atoms with E-state index in [1.54, 1.807) is 7.05 Å². The smallest absolute Gasteiger partial charge is 0.444 e. The van der Waals surface area contributed by atoms with Crippen LogP contribution in [0, 0.1) is 0 Å². The van der Waals surface area contributed by atoms with Gasteiger partial charge in [-0.2, -0.15) is 0 Å². The molecule has 1 aliphatic rings. The van der Waals surface area contributed by atoms with E-state index in [0.29, 0.717) is 6.54 Å². The van der Waals surface area contributed by atoms with Gasteiger partial charge in [-0.25, -0.2) is 9.78 Å². The summed E-state index contributed by atoms with van der Waals surface area (Å²) in [7, 11) is 1.23. The van der Waals surface area contributed by atoms with Crippen molar-refractivity contribution in [3.8, 4) is 0 Å². The molecule has 0 radical (unpaired) electrons. The van der Waals surface area contributed by atoms with E-state index in [9.17, 15) is 4.79 Å². The number of carbonyl (C=O) groups excluding carboxylic acids is 1. The molecular weight excluding hydrogens is 381 g/mol. The Balaban J connectivity index is 2.35. The van der Waals surface area contributed by atoms with Crippen LogP contribution in [0.25, 0.3) is 0 Å². The van der Waals surface area contributed by atoms with Crippen LogP contribution in [0.4, 0.5) is 10.6 Å². The van der Waals surface area contributed by atoms with Crippen molar-refractivity contribution in [2.45, 2.75) is 85.7 Å². The van der Waals surface area contributed by atoms with Gasteiger partial charge in [-0.05, 0) is 79.9 Å². The van der Waals surface area contributed by atoms with Gasteiger partial charge in [0.05, 0.1) is 23.4 Å². The summed E-state index contributed by atoms with van der Waals surface area (Å²) in [4.78, 5) is 20.9. The molecule has 0 saturated carbocycles. The Kier molecular flexibility index (Phi) is 7.14. The van der Waals surface area contributed by atoms with E-state index in [-0.39, 0.29) is 6.09 Å². The molecule has 0 atom stereocenters. The Morgan fingerprint density at radius 2 is 1.63 bits per heavy atom. The Morgan fingerprint density at radius 3 is 2.10 bits per heavy atom. The van der Waals surface area contributed by atoms with Gasteiger partial charge < -0.3 is 23.8 Å². The molecule has 1 aromatic rings. The van der Waals surface area contributed by atoms with Gasteiger partial charge in [-0.1, -0.05) is 0 Å². The standard InChI is InChI=1S/C22H38BN3O4/c1-11-26(12-2)18-14-16(23-29-21(6,7)22(8,9)30-23)13-17(24-18)15-25(10)19(27)28-20(3,4)5/h13-14H,11-12,15H2,1-10H3. The Hall–Kier alpha value is -1.80. The highest BCUT2D eigenvalue weighted by Crippen LogP contribution is 2.36. The molecule has 1 aliphatic heterocycles. The van der Waals surface area contributed by atoms with Crippen molar-refractivity contribution in [1.29, 1.82) is 0 Å². The zero-order valence-electron chi connectivity index (χ0n) is 20.3. The first-order valence-corrected chi connectivity index (χ1v) is 10.7. The van der Waals surface area contributed by atoms with Crippen LogP contribution < -0.4 is 10.4 Å². The largest absolute Gasteiger partial charge is 0.495 e. The number of anilines is 1. The van der Waals surface area contributed by atoms with Crippen molar-refractivity contribution < 1.29 is 18.8 Å². The summed E-state index contributed by atoms with van der Waals surface area (Å²) in [6, 6.07) is 3.97. The van der Waals surface area contributed by atoms with E-state index >= 15 is 0 Å². The molecule has 2 heterocycles. The number of nitrogens with zero attached hydrogens (tertiary/aromatic N) is 3. The van der Waals surface area contributed by atoms with Gasteiger partial charge in [0.1, 0.15) is 11.4 Å². The summed E-state index contributed by atoms with van der Waals surface area (Å²) in [5.41, 5.74) is 0.263. The molecule has 168 valence electrons. The highest BCUT2D eigenvalue weighted by Gasteiger charge is 2.51. The maximum Gasteiger partial charge on any atom is 0.495 e. The lowest BCUT2D eigenvalue weighted by atomic mass is 9.79.